The van der Waals surface area contributed by atoms with Gasteiger partial charge in [-0.3, -0.25) is 9.59 Å². The summed E-state index contributed by atoms with van der Waals surface area (Å²) in [5.74, 6) is 0.0179. The number of aromatic nitrogens is 4. The minimum Gasteiger partial charge on any atom is -0.326 e. The number of benzene rings is 2. The van der Waals surface area contributed by atoms with Gasteiger partial charge in [0, 0.05) is 17.2 Å². The molecule has 0 fully saturated rings. The molecule has 2 aromatic carbocycles. The van der Waals surface area contributed by atoms with E-state index in [-0.39, 0.29) is 23.4 Å². The van der Waals surface area contributed by atoms with Crippen molar-refractivity contribution in [2.75, 3.05) is 11.1 Å². The Morgan fingerprint density at radius 2 is 1.89 bits per heavy atom. The number of amides is 1. The van der Waals surface area contributed by atoms with E-state index in [0.29, 0.717) is 16.4 Å². The number of carbonyl (C=O) groups is 2. The molecule has 0 bridgehead atoms. The summed E-state index contributed by atoms with van der Waals surface area (Å²) in [5, 5.41) is 15.1. The topological polar surface area (TPSA) is 89.8 Å². The van der Waals surface area contributed by atoms with Crippen molar-refractivity contribution in [3.05, 3.63) is 59.7 Å². The van der Waals surface area contributed by atoms with Gasteiger partial charge in [0.1, 0.15) is 0 Å². The van der Waals surface area contributed by atoms with E-state index >= 15 is 0 Å². The number of carbonyl (C=O) groups excluding carboxylic acids is 2. The zero-order chi connectivity index (χ0) is 20.1. The lowest BCUT2D eigenvalue weighted by Gasteiger charge is -2.08. The van der Waals surface area contributed by atoms with E-state index in [1.807, 2.05) is 45.0 Å². The largest absolute Gasteiger partial charge is 0.326 e. The van der Waals surface area contributed by atoms with Gasteiger partial charge in [-0.25, -0.2) is 0 Å². The molecule has 0 saturated carbocycles. The smallest absolute Gasteiger partial charge is 0.226 e. The molecular formula is C20H21N5O2S. The number of thioether (sulfide) groups is 1. The third kappa shape index (κ3) is 4.83. The number of nitrogens with one attached hydrogen (secondary N) is 1. The van der Waals surface area contributed by atoms with Crippen molar-refractivity contribution >= 4 is 29.1 Å². The Morgan fingerprint density at radius 1 is 1.14 bits per heavy atom. The van der Waals surface area contributed by atoms with Crippen molar-refractivity contribution in [1.82, 2.24) is 20.2 Å². The Labute approximate surface area is 167 Å². The number of aryl methyl sites for hydroxylation is 1. The molecule has 144 valence electrons. The van der Waals surface area contributed by atoms with Crippen molar-refractivity contribution in [2.45, 2.75) is 25.9 Å². The van der Waals surface area contributed by atoms with Crippen molar-refractivity contribution < 1.29 is 9.59 Å². The molecule has 1 amide bonds. The van der Waals surface area contributed by atoms with Crippen LogP contribution in [-0.2, 0) is 4.79 Å². The lowest BCUT2D eigenvalue weighted by molar-refractivity contribution is -0.118. The summed E-state index contributed by atoms with van der Waals surface area (Å²) in [6.07, 6.45) is 0. The Morgan fingerprint density at radius 3 is 2.57 bits per heavy atom. The van der Waals surface area contributed by atoms with Gasteiger partial charge in [-0.2, -0.15) is 4.68 Å². The van der Waals surface area contributed by atoms with Crippen LogP contribution in [0, 0.1) is 12.8 Å². The third-order valence-corrected chi connectivity index (χ3v) is 4.94. The average molecular weight is 395 g/mol. The number of nitrogens with zero attached hydrogens (tertiary/aromatic N) is 4. The monoisotopic (exact) mass is 395 g/mol. The minimum absolute atomic E-state index is 0.0365. The summed E-state index contributed by atoms with van der Waals surface area (Å²) in [4.78, 5) is 24.2. The van der Waals surface area contributed by atoms with Crippen LogP contribution in [0.3, 0.4) is 0 Å². The first kappa shape index (κ1) is 19.8. The Hall–Kier alpha value is -3.00. The summed E-state index contributed by atoms with van der Waals surface area (Å²) in [7, 11) is 0. The van der Waals surface area contributed by atoms with Crippen molar-refractivity contribution in [3.63, 3.8) is 0 Å². The van der Waals surface area contributed by atoms with Crippen LogP contribution in [0.2, 0.25) is 0 Å². The quantitative estimate of drug-likeness (QED) is 0.486. The number of anilines is 1. The molecular weight excluding hydrogens is 374 g/mol. The molecule has 0 radical (unpaired) electrons. The van der Waals surface area contributed by atoms with Gasteiger partial charge in [-0.05, 0) is 59.3 Å². The summed E-state index contributed by atoms with van der Waals surface area (Å²) in [5.41, 5.74) is 3.20. The molecule has 7 nitrogen and oxygen atoms in total. The Bertz CT molecular complexity index is 982. The van der Waals surface area contributed by atoms with Gasteiger partial charge in [-0.15, -0.1) is 5.10 Å². The van der Waals surface area contributed by atoms with Crippen LogP contribution < -0.4 is 5.32 Å². The second kappa shape index (κ2) is 8.79. The van der Waals surface area contributed by atoms with Crippen molar-refractivity contribution in [1.29, 1.82) is 0 Å². The molecule has 8 heteroatoms. The number of ketones is 1. The van der Waals surface area contributed by atoms with E-state index in [9.17, 15) is 9.59 Å². The summed E-state index contributed by atoms with van der Waals surface area (Å²) in [6, 6.07) is 14.7. The molecule has 3 rings (SSSR count). The molecule has 28 heavy (non-hydrogen) atoms. The van der Waals surface area contributed by atoms with Crippen LogP contribution >= 0.6 is 11.8 Å². The van der Waals surface area contributed by atoms with Crippen molar-refractivity contribution in [3.8, 4) is 5.69 Å². The molecule has 0 saturated heterocycles. The highest BCUT2D eigenvalue weighted by molar-refractivity contribution is 7.99. The average Bonchev–Trinajstić information content (AvgIpc) is 3.15. The van der Waals surface area contributed by atoms with Crippen LogP contribution in [-0.4, -0.2) is 37.7 Å². The maximum absolute atomic E-state index is 12.5. The molecule has 0 atom stereocenters. The molecule has 0 aliphatic carbocycles. The first-order valence-electron chi connectivity index (χ1n) is 8.86. The van der Waals surface area contributed by atoms with E-state index < -0.39 is 0 Å². The molecule has 1 aromatic heterocycles. The first-order valence-corrected chi connectivity index (χ1v) is 9.85. The summed E-state index contributed by atoms with van der Waals surface area (Å²) < 4.78 is 1.62. The molecule has 1 N–H and O–H groups in total. The second-order valence-corrected chi connectivity index (χ2v) is 7.59. The van der Waals surface area contributed by atoms with Gasteiger partial charge in [-0.1, -0.05) is 37.7 Å². The van der Waals surface area contributed by atoms with E-state index in [1.165, 1.54) is 11.8 Å². The van der Waals surface area contributed by atoms with E-state index in [4.69, 9.17) is 0 Å². The SMILES string of the molecule is Cc1cccc(-n2nnnc2SCC(=O)c2ccc(NC(=O)C(C)C)cc2)c1. The third-order valence-electron chi connectivity index (χ3n) is 4.02. The van der Waals surface area contributed by atoms with Gasteiger partial charge < -0.3 is 5.32 Å². The van der Waals surface area contributed by atoms with Crippen LogP contribution in [0.15, 0.2) is 53.7 Å². The lowest BCUT2D eigenvalue weighted by Crippen LogP contribution is -2.17. The maximum atomic E-state index is 12.5. The van der Waals surface area contributed by atoms with Crippen LogP contribution in [0.1, 0.15) is 29.8 Å². The summed E-state index contributed by atoms with van der Waals surface area (Å²) in [6.45, 7) is 5.65. The highest BCUT2D eigenvalue weighted by Crippen LogP contribution is 2.20. The number of hydrogen-bond acceptors (Lipinski definition) is 6. The zero-order valence-corrected chi connectivity index (χ0v) is 16.7. The highest BCUT2D eigenvalue weighted by atomic mass is 32.2. The molecule has 3 aromatic rings. The van der Waals surface area contributed by atoms with Gasteiger partial charge in [0.15, 0.2) is 5.78 Å². The number of rotatable bonds is 7. The van der Waals surface area contributed by atoms with Gasteiger partial charge in [0.05, 0.1) is 11.4 Å². The van der Waals surface area contributed by atoms with Crippen LogP contribution in [0.5, 0.6) is 0 Å². The van der Waals surface area contributed by atoms with E-state index in [2.05, 4.69) is 20.8 Å². The fraction of sp³-hybridized carbons (Fsp3) is 0.250. The highest BCUT2D eigenvalue weighted by Gasteiger charge is 2.13. The molecule has 1 heterocycles. The summed E-state index contributed by atoms with van der Waals surface area (Å²) >= 11 is 1.28. The molecule has 0 aliphatic rings. The van der Waals surface area contributed by atoms with Gasteiger partial charge in [0.2, 0.25) is 11.1 Å². The van der Waals surface area contributed by atoms with Crippen LogP contribution in [0.25, 0.3) is 5.69 Å². The number of hydrogen-bond donors (Lipinski definition) is 1. The van der Waals surface area contributed by atoms with E-state index in [1.54, 1.807) is 28.9 Å². The van der Waals surface area contributed by atoms with Crippen LogP contribution in [0.4, 0.5) is 5.69 Å². The molecule has 0 aliphatic heterocycles. The zero-order valence-electron chi connectivity index (χ0n) is 15.9. The minimum atomic E-state index is -0.0999. The number of Topliss-reactive ketones (excluding diaryl/α,β-unsaturated/α-hetero) is 1. The second-order valence-electron chi connectivity index (χ2n) is 6.65. The normalized spacial score (nSPS) is 10.9. The fourth-order valence-electron chi connectivity index (χ4n) is 2.43. The fourth-order valence-corrected chi connectivity index (χ4v) is 3.22. The van der Waals surface area contributed by atoms with Gasteiger partial charge in [0.25, 0.3) is 0 Å². The lowest BCUT2D eigenvalue weighted by atomic mass is 10.1. The van der Waals surface area contributed by atoms with E-state index in [0.717, 1.165) is 11.3 Å². The predicted octanol–water partition coefficient (Wildman–Crippen LogP) is 3.54. The number of tetrazole rings is 1. The van der Waals surface area contributed by atoms with Crippen molar-refractivity contribution in [2.24, 2.45) is 5.92 Å². The Kier molecular flexibility index (Phi) is 6.20. The van der Waals surface area contributed by atoms with Gasteiger partial charge >= 0.3 is 0 Å². The standard InChI is InChI=1S/C20H21N5O2S/c1-13(2)19(27)21-16-9-7-15(8-10-16)18(26)12-28-20-22-23-24-25(20)17-6-4-5-14(3)11-17/h4-11,13H,12H2,1-3H3,(H,21,27). The predicted molar refractivity (Wildman–Crippen MR) is 109 cm³/mol. The molecule has 0 unspecified atom stereocenters. The Balaban J connectivity index is 1.64. The molecule has 0 spiro atoms. The maximum Gasteiger partial charge on any atom is 0.226 e. The first-order chi connectivity index (χ1) is 13.4.